The fraction of sp³-hybridized carbons (Fsp3) is 0.273. The predicted molar refractivity (Wildman–Crippen MR) is 199 cm³/mol. The fourth-order valence-corrected chi connectivity index (χ4v) is 5.96. The van der Waals surface area contributed by atoms with Gasteiger partial charge in [0, 0.05) is 11.1 Å². The first-order valence-electron chi connectivity index (χ1n) is 16.7. The van der Waals surface area contributed by atoms with E-state index in [9.17, 15) is 0 Å². The topological polar surface area (TPSA) is 30.7 Å². The van der Waals surface area contributed by atoms with E-state index in [-0.39, 0.29) is 16.2 Å². The van der Waals surface area contributed by atoms with Crippen LogP contribution in [-0.2, 0) is 16.2 Å². The van der Waals surface area contributed by atoms with Crippen molar-refractivity contribution in [2.45, 2.75) is 78.6 Å². The quantitative estimate of drug-likeness (QED) is 0.193. The molecule has 6 aromatic rings. The van der Waals surface area contributed by atoms with E-state index < -0.39 is 0 Å². The van der Waals surface area contributed by atoms with Crippen molar-refractivity contribution >= 4 is 0 Å². The molecule has 0 amide bonds. The molecule has 0 bridgehead atoms. The van der Waals surface area contributed by atoms with Gasteiger partial charge in [-0.05, 0) is 79.5 Å². The van der Waals surface area contributed by atoms with Crippen LogP contribution in [0.1, 0.15) is 79.0 Å². The second-order valence-corrected chi connectivity index (χ2v) is 15.8. The Kier molecular flexibility index (Phi) is 8.30. The maximum absolute atomic E-state index is 5.32. The highest BCUT2D eigenvalue weighted by Gasteiger charge is 2.23. The van der Waals surface area contributed by atoms with Crippen molar-refractivity contribution < 1.29 is 0 Å². The molecule has 5 aromatic carbocycles. The summed E-state index contributed by atoms with van der Waals surface area (Å²) >= 11 is 0. The van der Waals surface area contributed by atoms with E-state index in [1.165, 1.54) is 27.8 Å². The minimum absolute atomic E-state index is 0.00761. The zero-order valence-electron chi connectivity index (χ0n) is 29.4. The average Bonchev–Trinajstić information content (AvgIpc) is 3.49. The van der Waals surface area contributed by atoms with Crippen molar-refractivity contribution in [2.75, 3.05) is 0 Å². The Morgan fingerprint density at radius 2 is 1.00 bits per heavy atom. The Morgan fingerprint density at radius 3 is 1.66 bits per heavy atom. The van der Waals surface area contributed by atoms with Gasteiger partial charge in [-0.25, -0.2) is 9.67 Å². The lowest BCUT2D eigenvalue weighted by Gasteiger charge is -2.21. The van der Waals surface area contributed by atoms with E-state index in [1.54, 1.807) is 0 Å². The largest absolute Gasteiger partial charge is 0.213 e. The summed E-state index contributed by atoms with van der Waals surface area (Å²) in [6.07, 6.45) is 0. The van der Waals surface area contributed by atoms with Gasteiger partial charge in [0.1, 0.15) is 0 Å². The summed E-state index contributed by atoms with van der Waals surface area (Å²) in [6, 6.07) is 43.7. The lowest BCUT2D eigenvalue weighted by Crippen LogP contribution is -2.12. The minimum Gasteiger partial charge on any atom is -0.213 e. The Hall–Kier alpha value is -4.76. The Balaban J connectivity index is 1.57. The molecule has 238 valence electrons. The molecule has 0 saturated carbocycles. The van der Waals surface area contributed by atoms with Crippen LogP contribution in [0.5, 0.6) is 0 Å². The second kappa shape index (κ2) is 12.1. The van der Waals surface area contributed by atoms with Gasteiger partial charge < -0.3 is 0 Å². The maximum Gasteiger partial charge on any atom is 0.182 e. The summed E-state index contributed by atoms with van der Waals surface area (Å²) in [5.74, 6) is 1.54. The van der Waals surface area contributed by atoms with Crippen LogP contribution in [0.2, 0.25) is 0 Å². The zero-order valence-corrected chi connectivity index (χ0v) is 29.4. The lowest BCUT2D eigenvalue weighted by molar-refractivity contribution is 0.589. The van der Waals surface area contributed by atoms with Crippen LogP contribution in [0, 0.1) is 0 Å². The molecule has 0 fully saturated rings. The van der Waals surface area contributed by atoms with E-state index in [0.29, 0.717) is 5.82 Å². The molecule has 0 aliphatic rings. The molecule has 3 heteroatoms. The van der Waals surface area contributed by atoms with Crippen molar-refractivity contribution in [1.29, 1.82) is 0 Å². The van der Waals surface area contributed by atoms with E-state index in [4.69, 9.17) is 10.1 Å². The van der Waals surface area contributed by atoms with Gasteiger partial charge in [-0.3, -0.25) is 0 Å². The number of rotatable bonds is 5. The van der Waals surface area contributed by atoms with Crippen molar-refractivity contribution in [3.05, 3.63) is 138 Å². The molecule has 0 radical (unpaired) electrons. The molecular weight excluding hydrogens is 571 g/mol. The SMILES string of the molecule is CC(C)(C)c1ccc(-c2nc(-c3ccc(C(C)(C)C)cc3-c3cccc(-c4ccccc4)c3)nn2-c2cccc(C(C)(C)C)c2)cc1. The molecule has 0 N–H and O–H groups in total. The van der Waals surface area contributed by atoms with Gasteiger partial charge in [-0.2, -0.15) is 0 Å². The van der Waals surface area contributed by atoms with E-state index in [1.807, 2.05) is 4.68 Å². The zero-order chi connectivity index (χ0) is 33.6. The van der Waals surface area contributed by atoms with Gasteiger partial charge >= 0.3 is 0 Å². The first-order chi connectivity index (χ1) is 22.2. The number of benzene rings is 5. The first kappa shape index (κ1) is 32.2. The molecule has 1 heterocycles. The van der Waals surface area contributed by atoms with E-state index in [2.05, 4.69) is 184 Å². The first-order valence-corrected chi connectivity index (χ1v) is 16.7. The molecule has 47 heavy (non-hydrogen) atoms. The molecule has 6 rings (SSSR count). The number of hydrogen-bond acceptors (Lipinski definition) is 2. The highest BCUT2D eigenvalue weighted by molar-refractivity contribution is 5.84. The van der Waals surface area contributed by atoms with Crippen LogP contribution in [0.4, 0.5) is 0 Å². The highest BCUT2D eigenvalue weighted by atomic mass is 15.4. The smallest absolute Gasteiger partial charge is 0.182 e. The summed E-state index contributed by atoms with van der Waals surface area (Å²) in [4.78, 5) is 5.32. The minimum atomic E-state index is -0.00946. The number of aromatic nitrogens is 3. The van der Waals surface area contributed by atoms with Crippen molar-refractivity contribution in [3.63, 3.8) is 0 Å². The molecule has 1 aromatic heterocycles. The molecule has 0 spiro atoms. The van der Waals surface area contributed by atoms with E-state index >= 15 is 0 Å². The fourth-order valence-electron chi connectivity index (χ4n) is 5.96. The molecule has 0 atom stereocenters. The van der Waals surface area contributed by atoms with Crippen LogP contribution < -0.4 is 0 Å². The number of nitrogens with zero attached hydrogens (tertiary/aromatic N) is 3. The molecule has 0 aliphatic carbocycles. The summed E-state index contributed by atoms with van der Waals surface area (Å²) < 4.78 is 2.03. The van der Waals surface area contributed by atoms with Crippen LogP contribution >= 0.6 is 0 Å². The third-order valence-electron chi connectivity index (χ3n) is 8.98. The highest BCUT2D eigenvalue weighted by Crippen LogP contribution is 2.38. The van der Waals surface area contributed by atoms with Crippen LogP contribution in [-0.4, -0.2) is 14.8 Å². The van der Waals surface area contributed by atoms with Gasteiger partial charge in [-0.1, -0.05) is 159 Å². The summed E-state index contributed by atoms with van der Waals surface area (Å²) in [6.45, 7) is 20.3. The summed E-state index contributed by atoms with van der Waals surface area (Å²) in [5, 5.41) is 5.29. The van der Waals surface area contributed by atoms with Gasteiger partial charge in [-0.15, -0.1) is 5.10 Å². The normalized spacial score (nSPS) is 12.4. The number of hydrogen-bond donors (Lipinski definition) is 0. The average molecular weight is 618 g/mol. The lowest BCUT2D eigenvalue weighted by atomic mass is 9.83. The van der Waals surface area contributed by atoms with Gasteiger partial charge in [0.05, 0.1) is 5.69 Å². The summed E-state index contributed by atoms with van der Waals surface area (Å²) in [5.41, 5.74) is 11.6. The summed E-state index contributed by atoms with van der Waals surface area (Å²) in [7, 11) is 0. The van der Waals surface area contributed by atoms with Crippen molar-refractivity contribution in [2.24, 2.45) is 0 Å². The second-order valence-electron chi connectivity index (χ2n) is 15.8. The molecular formula is C44H47N3. The van der Waals surface area contributed by atoms with E-state index in [0.717, 1.165) is 33.8 Å². The third-order valence-corrected chi connectivity index (χ3v) is 8.98. The van der Waals surface area contributed by atoms with Crippen LogP contribution in [0.3, 0.4) is 0 Å². The molecule has 0 saturated heterocycles. The Labute approximate surface area is 281 Å². The predicted octanol–water partition coefficient (Wildman–Crippen LogP) is 11.8. The molecule has 3 nitrogen and oxygen atoms in total. The standard InChI is InChI=1S/C44H47N3/c1-42(2,3)34-23-21-31(22-24-34)41-45-40(46-47(41)37-20-14-19-35(28-37)43(4,5)6)38-26-25-36(44(7,8)9)29-39(38)33-18-13-17-32(27-33)30-15-11-10-12-16-30/h10-29H,1-9H3. The van der Waals surface area contributed by atoms with Crippen molar-refractivity contribution in [3.8, 4) is 50.7 Å². The molecule has 0 aliphatic heterocycles. The van der Waals surface area contributed by atoms with Gasteiger partial charge in [0.2, 0.25) is 0 Å². The Morgan fingerprint density at radius 1 is 0.426 bits per heavy atom. The maximum atomic E-state index is 5.32. The van der Waals surface area contributed by atoms with Crippen molar-refractivity contribution in [1.82, 2.24) is 14.8 Å². The van der Waals surface area contributed by atoms with Crippen LogP contribution in [0.15, 0.2) is 121 Å². The van der Waals surface area contributed by atoms with Gasteiger partial charge in [0.25, 0.3) is 0 Å². The third kappa shape index (κ3) is 6.86. The van der Waals surface area contributed by atoms with Gasteiger partial charge in [0.15, 0.2) is 11.6 Å². The Bertz CT molecular complexity index is 2010. The molecule has 0 unspecified atom stereocenters. The van der Waals surface area contributed by atoms with Crippen LogP contribution in [0.25, 0.3) is 50.7 Å². The monoisotopic (exact) mass is 617 g/mol.